The average Bonchev–Trinajstić information content (AvgIpc) is 2.85. The Morgan fingerprint density at radius 2 is 2.05 bits per heavy atom. The van der Waals surface area contributed by atoms with Crippen molar-refractivity contribution < 1.29 is 14.6 Å². The van der Waals surface area contributed by atoms with Crippen LogP contribution in [-0.4, -0.2) is 20.9 Å². The molecule has 0 unspecified atom stereocenters. The lowest BCUT2D eigenvalue weighted by Gasteiger charge is -2.08. The molecule has 1 heterocycles. The van der Waals surface area contributed by atoms with Crippen molar-refractivity contribution in [1.82, 2.24) is 9.78 Å². The van der Waals surface area contributed by atoms with Gasteiger partial charge >= 0.3 is 5.97 Å². The Labute approximate surface area is 124 Å². The Morgan fingerprint density at radius 3 is 2.67 bits per heavy atom. The Kier molecular flexibility index (Phi) is 4.98. The van der Waals surface area contributed by atoms with Gasteiger partial charge in [0, 0.05) is 7.05 Å². The summed E-state index contributed by atoms with van der Waals surface area (Å²) >= 11 is 0. The summed E-state index contributed by atoms with van der Waals surface area (Å²) in [5.74, 6) is -0.260. The summed E-state index contributed by atoms with van der Waals surface area (Å²) in [6.07, 6.45) is 4.77. The van der Waals surface area contributed by atoms with Gasteiger partial charge in [0.15, 0.2) is 0 Å². The summed E-state index contributed by atoms with van der Waals surface area (Å²) in [4.78, 5) is 11.1. The smallest absolute Gasteiger partial charge is 0.339 e. The third-order valence-corrected chi connectivity index (χ3v) is 3.41. The van der Waals surface area contributed by atoms with Gasteiger partial charge in [-0.1, -0.05) is 25.5 Å². The van der Waals surface area contributed by atoms with E-state index in [0.29, 0.717) is 5.69 Å². The van der Waals surface area contributed by atoms with Gasteiger partial charge in [-0.05, 0) is 30.5 Å². The van der Waals surface area contributed by atoms with E-state index in [9.17, 15) is 4.79 Å². The molecular weight excluding hydrogens is 268 g/mol. The lowest BCUT2D eigenvalue weighted by Crippen LogP contribution is -2.08. The van der Waals surface area contributed by atoms with E-state index >= 15 is 0 Å². The Bertz CT molecular complexity index is 602. The summed E-state index contributed by atoms with van der Waals surface area (Å²) < 4.78 is 7.18. The van der Waals surface area contributed by atoms with Gasteiger partial charge in [-0.15, -0.1) is 0 Å². The highest BCUT2D eigenvalue weighted by Crippen LogP contribution is 2.17. The highest BCUT2D eigenvalue weighted by atomic mass is 16.5. The Balaban J connectivity index is 2.00. The molecule has 0 saturated heterocycles. The van der Waals surface area contributed by atoms with E-state index < -0.39 is 5.97 Å². The molecule has 0 radical (unpaired) electrons. The van der Waals surface area contributed by atoms with Gasteiger partial charge < -0.3 is 9.84 Å². The van der Waals surface area contributed by atoms with E-state index in [1.54, 1.807) is 7.05 Å². The number of carbonyl (C=O) groups is 1. The third-order valence-electron chi connectivity index (χ3n) is 3.41. The largest absolute Gasteiger partial charge is 0.487 e. The number of unbranched alkanes of at least 4 members (excludes halogenated alkanes) is 1. The first-order valence-electron chi connectivity index (χ1n) is 7.07. The molecule has 0 amide bonds. The summed E-state index contributed by atoms with van der Waals surface area (Å²) in [6.45, 7) is 2.36. The first-order chi connectivity index (χ1) is 10.1. The minimum atomic E-state index is -0.989. The second-order valence-electron chi connectivity index (χ2n) is 4.97. The van der Waals surface area contributed by atoms with Gasteiger partial charge in [-0.25, -0.2) is 4.79 Å². The van der Waals surface area contributed by atoms with Crippen LogP contribution in [0.2, 0.25) is 0 Å². The number of aromatic carboxylic acids is 1. The number of ether oxygens (including phenoxy) is 1. The SMILES string of the molecule is CCCCc1ccc(OCc2c(C(=O)O)cnn2C)cc1. The molecule has 2 rings (SSSR count). The van der Waals surface area contributed by atoms with Crippen molar-refractivity contribution in [2.24, 2.45) is 7.05 Å². The van der Waals surface area contributed by atoms with E-state index in [-0.39, 0.29) is 12.2 Å². The van der Waals surface area contributed by atoms with Crippen LogP contribution in [0.1, 0.15) is 41.4 Å². The molecule has 0 bridgehead atoms. The number of carboxylic acids is 1. The fraction of sp³-hybridized carbons (Fsp3) is 0.375. The number of rotatable bonds is 7. The van der Waals surface area contributed by atoms with Crippen LogP contribution in [0.25, 0.3) is 0 Å². The maximum atomic E-state index is 11.1. The Hall–Kier alpha value is -2.30. The van der Waals surface area contributed by atoms with E-state index in [0.717, 1.165) is 12.2 Å². The standard InChI is InChI=1S/C16H20N2O3/c1-3-4-5-12-6-8-13(9-7-12)21-11-15-14(16(19)20)10-17-18(15)2/h6-10H,3-5,11H2,1-2H3,(H,19,20). The molecule has 0 spiro atoms. The lowest BCUT2D eigenvalue weighted by molar-refractivity contribution is 0.0693. The fourth-order valence-electron chi connectivity index (χ4n) is 2.10. The number of nitrogens with zero attached hydrogens (tertiary/aromatic N) is 2. The van der Waals surface area contributed by atoms with Crippen molar-refractivity contribution >= 4 is 5.97 Å². The van der Waals surface area contributed by atoms with Crippen LogP contribution in [-0.2, 0) is 20.1 Å². The van der Waals surface area contributed by atoms with Crippen molar-refractivity contribution in [3.05, 3.63) is 47.3 Å². The van der Waals surface area contributed by atoms with Crippen LogP contribution in [0, 0.1) is 0 Å². The molecule has 0 saturated carbocycles. The fourth-order valence-corrected chi connectivity index (χ4v) is 2.10. The molecule has 1 N–H and O–H groups in total. The van der Waals surface area contributed by atoms with Crippen LogP contribution < -0.4 is 4.74 Å². The molecular formula is C16H20N2O3. The van der Waals surface area contributed by atoms with Gasteiger partial charge in [0.1, 0.15) is 17.9 Å². The van der Waals surface area contributed by atoms with Crippen molar-refractivity contribution in [3.8, 4) is 5.75 Å². The molecule has 1 aromatic carbocycles. The number of benzene rings is 1. The molecule has 5 heteroatoms. The van der Waals surface area contributed by atoms with Crippen LogP contribution in [0.3, 0.4) is 0 Å². The first kappa shape index (κ1) is 15.1. The number of hydrogen-bond acceptors (Lipinski definition) is 3. The van der Waals surface area contributed by atoms with Crippen LogP contribution in [0.4, 0.5) is 0 Å². The number of hydrogen-bond donors (Lipinski definition) is 1. The third kappa shape index (κ3) is 3.84. The van der Waals surface area contributed by atoms with Crippen LogP contribution in [0.15, 0.2) is 30.5 Å². The van der Waals surface area contributed by atoms with Crippen molar-refractivity contribution in [1.29, 1.82) is 0 Å². The molecule has 112 valence electrons. The number of carboxylic acid groups (broad SMARTS) is 1. The zero-order chi connectivity index (χ0) is 15.2. The maximum Gasteiger partial charge on any atom is 0.339 e. The molecule has 0 atom stereocenters. The lowest BCUT2D eigenvalue weighted by atomic mass is 10.1. The maximum absolute atomic E-state index is 11.1. The highest BCUT2D eigenvalue weighted by molar-refractivity contribution is 5.88. The van der Waals surface area contributed by atoms with E-state index in [1.807, 2.05) is 24.3 Å². The molecule has 0 fully saturated rings. The summed E-state index contributed by atoms with van der Waals surface area (Å²) in [5.41, 5.74) is 2.02. The topological polar surface area (TPSA) is 64.3 Å². The first-order valence-corrected chi connectivity index (χ1v) is 7.07. The number of aromatic nitrogens is 2. The van der Waals surface area contributed by atoms with Gasteiger partial charge in [0.2, 0.25) is 0 Å². The van der Waals surface area contributed by atoms with Crippen molar-refractivity contribution in [2.45, 2.75) is 32.8 Å². The molecule has 2 aromatic rings. The number of aryl methyl sites for hydroxylation is 2. The summed E-state index contributed by atoms with van der Waals surface area (Å²) in [6, 6.07) is 7.93. The zero-order valence-electron chi connectivity index (χ0n) is 12.4. The van der Waals surface area contributed by atoms with Crippen molar-refractivity contribution in [2.75, 3.05) is 0 Å². The summed E-state index contributed by atoms with van der Waals surface area (Å²) in [5, 5.41) is 13.0. The molecule has 21 heavy (non-hydrogen) atoms. The van der Waals surface area contributed by atoms with Gasteiger partial charge in [-0.2, -0.15) is 5.10 Å². The van der Waals surface area contributed by atoms with Gasteiger partial charge in [0.25, 0.3) is 0 Å². The minimum Gasteiger partial charge on any atom is -0.487 e. The van der Waals surface area contributed by atoms with Crippen LogP contribution in [0.5, 0.6) is 5.75 Å². The highest BCUT2D eigenvalue weighted by Gasteiger charge is 2.15. The summed E-state index contributed by atoms with van der Waals surface area (Å²) in [7, 11) is 1.71. The Morgan fingerprint density at radius 1 is 1.33 bits per heavy atom. The van der Waals surface area contributed by atoms with E-state index in [2.05, 4.69) is 12.0 Å². The molecule has 0 aliphatic rings. The quantitative estimate of drug-likeness (QED) is 0.850. The van der Waals surface area contributed by atoms with Gasteiger partial charge in [-0.3, -0.25) is 4.68 Å². The van der Waals surface area contributed by atoms with Crippen LogP contribution >= 0.6 is 0 Å². The predicted molar refractivity (Wildman–Crippen MR) is 79.6 cm³/mol. The van der Waals surface area contributed by atoms with E-state index in [4.69, 9.17) is 9.84 Å². The van der Waals surface area contributed by atoms with Crippen molar-refractivity contribution in [3.63, 3.8) is 0 Å². The molecule has 0 aliphatic carbocycles. The normalized spacial score (nSPS) is 10.6. The second kappa shape index (κ2) is 6.92. The minimum absolute atomic E-state index is 0.178. The molecule has 5 nitrogen and oxygen atoms in total. The van der Waals surface area contributed by atoms with Gasteiger partial charge in [0.05, 0.1) is 11.9 Å². The molecule has 1 aromatic heterocycles. The monoisotopic (exact) mass is 288 g/mol. The zero-order valence-corrected chi connectivity index (χ0v) is 12.4. The average molecular weight is 288 g/mol. The second-order valence-corrected chi connectivity index (χ2v) is 4.97. The predicted octanol–water partition coefficient (Wildman–Crippen LogP) is 3.04. The molecule has 0 aliphatic heterocycles. The van der Waals surface area contributed by atoms with E-state index in [1.165, 1.54) is 29.3 Å².